The van der Waals surface area contributed by atoms with Crippen LogP contribution in [0.2, 0.25) is 0 Å². The van der Waals surface area contributed by atoms with Crippen molar-refractivity contribution in [3.8, 4) is 5.75 Å². The molecule has 0 bridgehead atoms. The van der Waals surface area contributed by atoms with E-state index in [1.54, 1.807) is 26.8 Å². The van der Waals surface area contributed by atoms with E-state index in [1.807, 2.05) is 0 Å². The molecule has 0 radical (unpaired) electrons. The highest BCUT2D eigenvalue weighted by atomic mass is 16.5. The second-order valence-corrected chi connectivity index (χ2v) is 6.88. The Bertz CT molecular complexity index is 612. The highest BCUT2D eigenvalue weighted by Gasteiger charge is 2.30. The summed E-state index contributed by atoms with van der Waals surface area (Å²) < 4.78 is 5.67. The first-order chi connectivity index (χ1) is 12.2. The number of unbranched alkanes of at least 4 members (excludes halogenated alkanes) is 3. The third-order valence-electron chi connectivity index (χ3n) is 3.63. The molecule has 0 heterocycles. The lowest BCUT2D eigenvalue weighted by Crippen LogP contribution is -2.45. The summed E-state index contributed by atoms with van der Waals surface area (Å²) in [5.74, 6) is 0.466. The predicted octanol–water partition coefficient (Wildman–Crippen LogP) is 3.99. The third-order valence-corrected chi connectivity index (χ3v) is 3.63. The number of nitrogens with zero attached hydrogens (tertiary/aromatic N) is 1. The summed E-state index contributed by atoms with van der Waals surface area (Å²) in [5.41, 5.74) is -0.390. The monoisotopic (exact) mass is 368 g/mol. The summed E-state index contributed by atoms with van der Waals surface area (Å²) in [4.78, 5) is 23.9. The number of hydrogen-bond donors (Lipinski definition) is 4. The fourth-order valence-corrected chi connectivity index (χ4v) is 2.52. The molecule has 146 valence electrons. The molecule has 0 saturated heterocycles. The maximum absolute atomic E-state index is 11.7. The number of nitrogens with one attached hydrogen (secondary N) is 1. The van der Waals surface area contributed by atoms with Gasteiger partial charge in [0.15, 0.2) is 0 Å². The van der Waals surface area contributed by atoms with Crippen LogP contribution in [0.3, 0.4) is 0 Å². The number of benzene rings is 1. The van der Waals surface area contributed by atoms with Gasteiger partial charge in [-0.2, -0.15) is 0 Å². The van der Waals surface area contributed by atoms with E-state index in [1.165, 1.54) is 12.1 Å². The number of amides is 2. The molecule has 0 aliphatic carbocycles. The van der Waals surface area contributed by atoms with Gasteiger partial charge in [0.1, 0.15) is 5.75 Å². The molecule has 0 aromatic heterocycles. The molecule has 0 aliphatic rings. The second-order valence-electron chi connectivity index (χ2n) is 6.88. The van der Waals surface area contributed by atoms with E-state index in [0.717, 1.165) is 30.6 Å². The van der Waals surface area contributed by atoms with Crippen molar-refractivity contribution in [3.05, 3.63) is 18.2 Å². The van der Waals surface area contributed by atoms with Gasteiger partial charge >= 0.3 is 12.2 Å². The summed E-state index contributed by atoms with van der Waals surface area (Å²) >= 11 is 0. The van der Waals surface area contributed by atoms with E-state index in [9.17, 15) is 14.7 Å². The minimum absolute atomic E-state index is 0.171. The van der Waals surface area contributed by atoms with Gasteiger partial charge in [0, 0.05) is 18.2 Å². The molecule has 0 unspecified atom stereocenters. The molecule has 8 heteroatoms. The second kappa shape index (κ2) is 9.86. The molecule has 1 aromatic carbocycles. The maximum atomic E-state index is 11.7. The standard InChI is InChI=1S/C18H28N2O6/c1-18(2,3)20(17(24)25)15-12-13(8-9-14(15)19-16(22)23)26-11-7-5-4-6-10-21/h8-9,12,19,21H,4-7,10-11H2,1-3H3,(H,22,23)(H,24,25). The summed E-state index contributed by atoms with van der Waals surface area (Å²) in [5, 5.41) is 29.6. The zero-order valence-electron chi connectivity index (χ0n) is 15.5. The van der Waals surface area contributed by atoms with Crippen LogP contribution in [-0.2, 0) is 0 Å². The topological polar surface area (TPSA) is 119 Å². The number of aliphatic hydroxyl groups excluding tert-OH is 1. The van der Waals surface area contributed by atoms with Gasteiger partial charge in [0.2, 0.25) is 0 Å². The Labute approximate surface area is 153 Å². The zero-order chi connectivity index (χ0) is 19.7. The molecule has 0 saturated carbocycles. The number of rotatable bonds is 9. The number of carboxylic acid groups (broad SMARTS) is 2. The van der Waals surface area contributed by atoms with Crippen molar-refractivity contribution in [2.24, 2.45) is 0 Å². The first kappa shape index (κ1) is 21.6. The van der Waals surface area contributed by atoms with Crippen LogP contribution in [0.4, 0.5) is 21.0 Å². The van der Waals surface area contributed by atoms with Gasteiger partial charge < -0.3 is 20.1 Å². The van der Waals surface area contributed by atoms with Gasteiger partial charge in [-0.15, -0.1) is 0 Å². The molecular formula is C18H28N2O6. The van der Waals surface area contributed by atoms with Crippen molar-refractivity contribution in [1.82, 2.24) is 0 Å². The van der Waals surface area contributed by atoms with Gasteiger partial charge in [0.25, 0.3) is 0 Å². The van der Waals surface area contributed by atoms with Crippen LogP contribution in [0, 0.1) is 0 Å². The predicted molar refractivity (Wildman–Crippen MR) is 99.4 cm³/mol. The van der Waals surface area contributed by atoms with Crippen molar-refractivity contribution in [3.63, 3.8) is 0 Å². The number of hydrogen-bond acceptors (Lipinski definition) is 4. The fourth-order valence-electron chi connectivity index (χ4n) is 2.52. The van der Waals surface area contributed by atoms with E-state index >= 15 is 0 Å². The normalized spacial score (nSPS) is 11.1. The Morgan fingerprint density at radius 3 is 2.31 bits per heavy atom. The Morgan fingerprint density at radius 2 is 1.77 bits per heavy atom. The molecule has 0 fully saturated rings. The largest absolute Gasteiger partial charge is 0.494 e. The molecule has 4 N–H and O–H groups in total. The number of aliphatic hydroxyl groups is 1. The number of ether oxygens (including phenoxy) is 1. The summed E-state index contributed by atoms with van der Waals surface area (Å²) in [6.45, 7) is 5.81. The molecule has 2 amide bonds. The smallest absolute Gasteiger partial charge is 0.412 e. The SMILES string of the molecule is CC(C)(C)N(C(=O)O)c1cc(OCCCCCCO)ccc1NC(=O)O. The Hall–Kier alpha value is -2.48. The van der Waals surface area contributed by atoms with Crippen LogP contribution in [0.25, 0.3) is 0 Å². The lowest BCUT2D eigenvalue weighted by atomic mass is 10.0. The van der Waals surface area contributed by atoms with Crippen molar-refractivity contribution < 1.29 is 29.6 Å². The van der Waals surface area contributed by atoms with Crippen molar-refractivity contribution >= 4 is 23.6 Å². The first-order valence-corrected chi connectivity index (χ1v) is 8.57. The maximum Gasteiger partial charge on any atom is 0.412 e. The number of anilines is 2. The van der Waals surface area contributed by atoms with Crippen molar-refractivity contribution in [1.29, 1.82) is 0 Å². The lowest BCUT2D eigenvalue weighted by molar-refractivity contribution is 0.195. The Balaban J connectivity index is 3.00. The molecule has 1 aromatic rings. The van der Waals surface area contributed by atoms with E-state index in [0.29, 0.717) is 12.4 Å². The highest BCUT2D eigenvalue weighted by Crippen LogP contribution is 2.35. The van der Waals surface area contributed by atoms with Crippen LogP contribution in [-0.4, -0.2) is 46.3 Å². The quantitative estimate of drug-likeness (QED) is 0.489. The first-order valence-electron chi connectivity index (χ1n) is 8.57. The van der Waals surface area contributed by atoms with Gasteiger partial charge in [0.05, 0.1) is 18.0 Å². The third kappa shape index (κ3) is 6.79. The minimum Gasteiger partial charge on any atom is -0.494 e. The minimum atomic E-state index is -1.27. The van der Waals surface area contributed by atoms with Crippen molar-refractivity contribution in [2.45, 2.75) is 52.0 Å². The van der Waals surface area contributed by atoms with Crippen LogP contribution < -0.4 is 15.0 Å². The van der Waals surface area contributed by atoms with E-state index in [2.05, 4.69) is 5.32 Å². The highest BCUT2D eigenvalue weighted by molar-refractivity contribution is 5.97. The average Bonchev–Trinajstić information content (AvgIpc) is 2.51. The summed E-state index contributed by atoms with van der Waals surface area (Å²) in [7, 11) is 0. The zero-order valence-corrected chi connectivity index (χ0v) is 15.5. The molecule has 0 atom stereocenters. The van der Waals surface area contributed by atoms with Crippen LogP contribution >= 0.6 is 0 Å². The van der Waals surface area contributed by atoms with Gasteiger partial charge in [-0.3, -0.25) is 10.2 Å². The molecule has 26 heavy (non-hydrogen) atoms. The Kier molecular flexibility index (Phi) is 8.18. The summed E-state index contributed by atoms with van der Waals surface area (Å²) in [6.07, 6.45) is 0.958. The number of carbonyl (C=O) groups is 2. The van der Waals surface area contributed by atoms with Gasteiger partial charge in [-0.05, 0) is 52.2 Å². The van der Waals surface area contributed by atoms with E-state index in [4.69, 9.17) is 14.9 Å². The van der Waals surface area contributed by atoms with Gasteiger partial charge in [-0.1, -0.05) is 6.42 Å². The Morgan fingerprint density at radius 1 is 1.12 bits per heavy atom. The van der Waals surface area contributed by atoms with Crippen LogP contribution in [0.5, 0.6) is 5.75 Å². The van der Waals surface area contributed by atoms with Crippen LogP contribution in [0.1, 0.15) is 46.5 Å². The van der Waals surface area contributed by atoms with E-state index < -0.39 is 17.7 Å². The van der Waals surface area contributed by atoms with Crippen LogP contribution in [0.15, 0.2) is 18.2 Å². The average molecular weight is 368 g/mol. The molecule has 8 nitrogen and oxygen atoms in total. The lowest BCUT2D eigenvalue weighted by Gasteiger charge is -2.34. The van der Waals surface area contributed by atoms with Gasteiger partial charge in [-0.25, -0.2) is 9.59 Å². The molecular weight excluding hydrogens is 340 g/mol. The van der Waals surface area contributed by atoms with E-state index in [-0.39, 0.29) is 18.0 Å². The molecule has 0 spiro atoms. The fraction of sp³-hybridized carbons (Fsp3) is 0.556. The molecule has 0 aliphatic heterocycles. The summed E-state index contributed by atoms with van der Waals surface area (Å²) in [6, 6.07) is 4.62. The molecule has 1 rings (SSSR count). The van der Waals surface area contributed by atoms with Crippen molar-refractivity contribution in [2.75, 3.05) is 23.4 Å².